The number of fused-ring (bicyclic) bond motifs is 3. The highest BCUT2D eigenvalue weighted by atomic mass is 32.1. The zero-order valence-electron chi connectivity index (χ0n) is 22.5. The summed E-state index contributed by atoms with van der Waals surface area (Å²) in [5.74, 6) is 1.55. The maximum absolute atomic E-state index is 16.0. The summed E-state index contributed by atoms with van der Waals surface area (Å²) >= 11 is 1.63. The van der Waals surface area contributed by atoms with Gasteiger partial charge in [0, 0.05) is 16.0 Å². The minimum Gasteiger partial charge on any atom is -0.449 e. The Balaban J connectivity index is 1.49. The van der Waals surface area contributed by atoms with Crippen LogP contribution in [0.25, 0.3) is 5.00 Å². The molecule has 0 saturated carbocycles. The van der Waals surface area contributed by atoms with Crippen LogP contribution < -0.4 is 5.46 Å². The Kier molecular flexibility index (Phi) is 5.75. The van der Waals surface area contributed by atoms with E-state index < -0.39 is 30.2 Å². The highest BCUT2D eigenvalue weighted by molar-refractivity contribution is 7.15. The van der Waals surface area contributed by atoms with Crippen molar-refractivity contribution < 1.29 is 18.1 Å². The second-order valence-corrected chi connectivity index (χ2v) is 12.1. The number of halogens is 1. The second-order valence-electron chi connectivity index (χ2n) is 10.9. The molecule has 0 spiro atoms. The highest BCUT2D eigenvalue weighted by Gasteiger charge is 2.51. The number of aromatic nitrogens is 4. The number of oxazole rings is 1. The molecule has 2 aliphatic rings. The summed E-state index contributed by atoms with van der Waals surface area (Å²) in [5, 5.41) is 9.76. The van der Waals surface area contributed by atoms with Crippen LogP contribution in [-0.2, 0) is 15.7 Å². The van der Waals surface area contributed by atoms with Crippen LogP contribution in [0.2, 0.25) is 0 Å². The van der Waals surface area contributed by atoms with Crippen LogP contribution in [0.4, 0.5) is 4.39 Å². The summed E-state index contributed by atoms with van der Waals surface area (Å²) < 4.78 is 35.9. The van der Waals surface area contributed by atoms with Crippen LogP contribution in [-0.4, -0.2) is 43.8 Å². The maximum Gasteiger partial charge on any atom is 0.494 e. The molecule has 1 atom stereocenters. The lowest BCUT2D eigenvalue weighted by atomic mass is 9.78. The zero-order valence-corrected chi connectivity index (χ0v) is 23.3. The van der Waals surface area contributed by atoms with Gasteiger partial charge < -0.3 is 13.7 Å². The molecule has 1 saturated heterocycles. The molecule has 0 aliphatic carbocycles. The van der Waals surface area contributed by atoms with Gasteiger partial charge in [-0.05, 0) is 65.6 Å². The van der Waals surface area contributed by atoms with Gasteiger partial charge in [0.25, 0.3) is 0 Å². The van der Waals surface area contributed by atoms with Crippen LogP contribution >= 0.6 is 11.3 Å². The second kappa shape index (κ2) is 8.69. The van der Waals surface area contributed by atoms with E-state index in [1.165, 1.54) is 12.3 Å². The third-order valence-electron chi connectivity index (χ3n) is 7.86. The van der Waals surface area contributed by atoms with Gasteiger partial charge in [0.2, 0.25) is 0 Å². The SMILES string of the molecule is Cc1sc2c(c1C)C(c1ccc(B3OC(C)(C)C(C)(C)O3)cc1F)=N[C@@H](Cc1ncco1)c1nnc(C)n1-2. The van der Waals surface area contributed by atoms with E-state index in [9.17, 15) is 0 Å². The van der Waals surface area contributed by atoms with Gasteiger partial charge in [-0.3, -0.25) is 9.56 Å². The first-order valence-corrected chi connectivity index (χ1v) is 13.4. The molecule has 4 aromatic rings. The average molecular weight is 533 g/mol. The first-order valence-electron chi connectivity index (χ1n) is 12.6. The van der Waals surface area contributed by atoms with E-state index >= 15 is 4.39 Å². The Morgan fingerprint density at radius 1 is 1.08 bits per heavy atom. The van der Waals surface area contributed by atoms with E-state index in [0.29, 0.717) is 34.9 Å². The van der Waals surface area contributed by atoms with Crippen molar-refractivity contribution in [2.75, 3.05) is 0 Å². The fourth-order valence-corrected chi connectivity index (χ4v) is 6.09. The van der Waals surface area contributed by atoms with Crippen molar-refractivity contribution in [2.24, 2.45) is 4.99 Å². The summed E-state index contributed by atoms with van der Waals surface area (Å²) in [5.41, 5.74) is 2.50. The highest BCUT2D eigenvalue weighted by Crippen LogP contribution is 2.40. The summed E-state index contributed by atoms with van der Waals surface area (Å²) in [6.45, 7) is 14.0. The Bertz CT molecular complexity index is 1560. The number of nitrogens with zero attached hydrogens (tertiary/aromatic N) is 5. The third kappa shape index (κ3) is 3.87. The predicted molar refractivity (Wildman–Crippen MR) is 144 cm³/mol. The largest absolute Gasteiger partial charge is 0.494 e. The molecule has 5 heterocycles. The number of rotatable bonds is 4. The fourth-order valence-electron chi connectivity index (χ4n) is 4.88. The molecule has 0 bridgehead atoms. The van der Waals surface area contributed by atoms with Gasteiger partial charge in [-0.25, -0.2) is 9.37 Å². The van der Waals surface area contributed by atoms with Crippen LogP contribution in [0.15, 0.2) is 40.1 Å². The predicted octanol–water partition coefficient (Wildman–Crippen LogP) is 4.82. The van der Waals surface area contributed by atoms with E-state index in [0.717, 1.165) is 26.8 Å². The first kappa shape index (κ1) is 25.2. The number of aliphatic imine (C=N–C) groups is 1. The lowest BCUT2D eigenvalue weighted by Crippen LogP contribution is -2.41. The number of benzene rings is 1. The minimum absolute atomic E-state index is 0.370. The number of thiophene rings is 1. The first-order chi connectivity index (χ1) is 18.0. The van der Waals surface area contributed by atoms with Crippen molar-refractivity contribution in [2.45, 2.75) is 72.1 Å². The van der Waals surface area contributed by atoms with Crippen LogP contribution in [0, 0.1) is 26.6 Å². The summed E-state index contributed by atoms with van der Waals surface area (Å²) in [6, 6.07) is 4.66. The van der Waals surface area contributed by atoms with Gasteiger partial charge in [0.15, 0.2) is 11.7 Å². The smallest absolute Gasteiger partial charge is 0.449 e. The minimum atomic E-state index is -0.656. The van der Waals surface area contributed by atoms with E-state index in [4.69, 9.17) is 18.7 Å². The van der Waals surface area contributed by atoms with Crippen molar-refractivity contribution in [3.05, 3.63) is 75.6 Å². The Hall–Kier alpha value is -3.15. The molecule has 1 aromatic carbocycles. The topological polar surface area (TPSA) is 87.6 Å². The molecule has 6 rings (SSSR count). The number of hydrogen-bond donors (Lipinski definition) is 0. The molecule has 8 nitrogen and oxygen atoms in total. The van der Waals surface area contributed by atoms with Gasteiger partial charge in [-0.2, -0.15) is 0 Å². The maximum atomic E-state index is 16.0. The normalized spacial score (nSPS) is 19.7. The molecule has 0 radical (unpaired) electrons. The third-order valence-corrected chi connectivity index (χ3v) is 9.06. The molecule has 38 heavy (non-hydrogen) atoms. The van der Waals surface area contributed by atoms with Gasteiger partial charge in [-0.1, -0.05) is 12.1 Å². The molecule has 196 valence electrons. The van der Waals surface area contributed by atoms with Gasteiger partial charge in [0.05, 0.1) is 29.5 Å². The van der Waals surface area contributed by atoms with Gasteiger partial charge in [0.1, 0.15) is 28.9 Å². The fraction of sp³-hybridized carbons (Fsp3) is 0.407. The molecule has 0 unspecified atom stereocenters. The summed E-state index contributed by atoms with van der Waals surface area (Å²) in [6.07, 6.45) is 3.51. The molecule has 0 amide bonds. The quantitative estimate of drug-likeness (QED) is 0.350. The summed E-state index contributed by atoms with van der Waals surface area (Å²) in [7, 11) is -0.656. The van der Waals surface area contributed by atoms with Crippen LogP contribution in [0.1, 0.15) is 72.8 Å². The van der Waals surface area contributed by atoms with E-state index in [1.807, 2.05) is 52.2 Å². The van der Waals surface area contributed by atoms with Crippen molar-refractivity contribution in [3.8, 4) is 5.00 Å². The van der Waals surface area contributed by atoms with Crippen molar-refractivity contribution in [3.63, 3.8) is 0 Å². The molecular weight excluding hydrogens is 504 g/mol. The monoisotopic (exact) mass is 533 g/mol. The molecule has 0 N–H and O–H groups in total. The molecule has 1 fully saturated rings. The standard InChI is InChI=1S/C27H29BFN5O3S/c1-14-15(2)38-25-22(14)23(31-20(13-21-30-10-11-35-21)24-33-32-16(3)34(24)25)18-9-8-17(12-19(18)29)28-36-26(4,5)27(6,7)37-28/h8-12,20H,13H2,1-7H3/t20-/m0/s1. The van der Waals surface area contributed by atoms with Gasteiger partial charge >= 0.3 is 7.12 Å². The lowest BCUT2D eigenvalue weighted by molar-refractivity contribution is 0.00578. The Labute approximate surface area is 225 Å². The number of aryl methyl sites for hydroxylation is 2. The van der Waals surface area contributed by atoms with Crippen LogP contribution in [0.3, 0.4) is 0 Å². The molecule has 2 aliphatic heterocycles. The zero-order chi connectivity index (χ0) is 27.0. The van der Waals surface area contributed by atoms with E-state index in [2.05, 4.69) is 22.1 Å². The molecule has 11 heteroatoms. The summed E-state index contributed by atoms with van der Waals surface area (Å²) in [4.78, 5) is 10.5. The van der Waals surface area contributed by atoms with Crippen molar-refractivity contribution in [1.29, 1.82) is 0 Å². The molecule has 3 aromatic heterocycles. The lowest BCUT2D eigenvalue weighted by Gasteiger charge is -2.32. The average Bonchev–Trinajstić information content (AvgIpc) is 3.58. The van der Waals surface area contributed by atoms with Crippen molar-refractivity contribution >= 4 is 29.6 Å². The Morgan fingerprint density at radius 2 is 1.82 bits per heavy atom. The Morgan fingerprint density at radius 3 is 2.47 bits per heavy atom. The van der Waals surface area contributed by atoms with Crippen LogP contribution in [0.5, 0.6) is 0 Å². The van der Waals surface area contributed by atoms with Gasteiger partial charge in [-0.15, -0.1) is 21.5 Å². The molecular formula is C27H29BFN5O3S. The van der Waals surface area contributed by atoms with E-state index in [1.54, 1.807) is 23.6 Å². The number of hydrogen-bond acceptors (Lipinski definition) is 8. The van der Waals surface area contributed by atoms with Crippen molar-refractivity contribution in [1.82, 2.24) is 19.7 Å². The van der Waals surface area contributed by atoms with E-state index in [-0.39, 0.29) is 0 Å².